The first-order chi connectivity index (χ1) is 21.0. The summed E-state index contributed by atoms with van der Waals surface area (Å²) in [6.07, 6.45) is 10.4. The van der Waals surface area contributed by atoms with Gasteiger partial charge in [-0.25, -0.2) is 23.4 Å². The smallest absolute Gasteiger partial charge is 0.320 e. The van der Waals surface area contributed by atoms with Crippen LogP contribution >= 0.6 is 23.7 Å². The molecule has 5 rings (SSSR count). The Morgan fingerprint density at radius 1 is 1.20 bits per heavy atom. The number of fused-ring (bicyclic) bond motifs is 1. The first-order valence-corrected chi connectivity index (χ1v) is 17.8. The number of nitrogens with zero attached hydrogens (tertiary/aromatic N) is 4. The summed E-state index contributed by atoms with van der Waals surface area (Å²) in [6.45, 7) is 7.50. The molecule has 45 heavy (non-hydrogen) atoms. The molecule has 1 fully saturated rings. The maximum absolute atomic E-state index is 13.2. The van der Waals surface area contributed by atoms with Crippen molar-refractivity contribution < 1.29 is 22.7 Å². The number of anilines is 1. The van der Waals surface area contributed by atoms with Gasteiger partial charge in [0, 0.05) is 51.3 Å². The molecule has 0 aliphatic carbocycles. The van der Waals surface area contributed by atoms with Crippen molar-refractivity contribution in [3.63, 3.8) is 0 Å². The summed E-state index contributed by atoms with van der Waals surface area (Å²) in [6, 6.07) is 6.03. The van der Waals surface area contributed by atoms with Gasteiger partial charge in [-0.2, -0.15) is 0 Å². The van der Waals surface area contributed by atoms with Crippen molar-refractivity contribution >= 4 is 61.3 Å². The van der Waals surface area contributed by atoms with Gasteiger partial charge >= 0.3 is 5.97 Å². The van der Waals surface area contributed by atoms with E-state index in [9.17, 15) is 13.2 Å². The second-order valence-corrected chi connectivity index (χ2v) is 15.2. The number of thiazole rings is 1. The fourth-order valence-electron chi connectivity index (χ4n) is 5.46. The molecule has 0 saturated carbocycles. The van der Waals surface area contributed by atoms with Crippen LogP contribution in [0.25, 0.3) is 15.8 Å². The number of carbonyl (C=O) groups is 1. The average Bonchev–Trinajstić information content (AvgIpc) is 3.42. The number of sulfone groups is 1. The van der Waals surface area contributed by atoms with E-state index in [-0.39, 0.29) is 37.2 Å². The molecule has 0 bridgehead atoms. The standard InChI is InChI=1S/C31H42N6O5S2.ClH/c1-4-5-21-19-34-29(35-20-21)37-13-9-24(10-14-37)41-30-36-25-7-6-22(16-26(25)43-30)23-8-12-33-27(17-23)44(39,40)15-11-31(2,3)42-28(38)18-32;/h6-7,16-17,19-20,24,27,33H,4-5,8-15,18,32H2,1-3H3;1H. The van der Waals surface area contributed by atoms with Gasteiger partial charge in [0.25, 0.3) is 5.19 Å². The lowest BCUT2D eigenvalue weighted by Gasteiger charge is -2.31. The van der Waals surface area contributed by atoms with Crippen LogP contribution in [0.5, 0.6) is 5.19 Å². The van der Waals surface area contributed by atoms with Gasteiger partial charge in [-0.05, 0) is 61.6 Å². The Bertz CT molecular complexity index is 1590. The van der Waals surface area contributed by atoms with Crippen molar-refractivity contribution in [1.29, 1.82) is 0 Å². The van der Waals surface area contributed by atoms with Crippen LogP contribution < -0.4 is 20.7 Å². The molecule has 0 amide bonds. The number of hydrogen-bond acceptors (Lipinski definition) is 12. The van der Waals surface area contributed by atoms with Gasteiger partial charge in [0.15, 0.2) is 9.84 Å². The van der Waals surface area contributed by atoms with Crippen LogP contribution in [-0.2, 0) is 25.8 Å². The normalized spacial score (nSPS) is 17.9. The Morgan fingerprint density at radius 2 is 1.93 bits per heavy atom. The van der Waals surface area contributed by atoms with Gasteiger partial charge in [0.05, 0.1) is 22.5 Å². The Balaban J connectivity index is 0.00000461. The maximum Gasteiger partial charge on any atom is 0.320 e. The van der Waals surface area contributed by atoms with Crippen molar-refractivity contribution in [3.8, 4) is 5.19 Å². The molecule has 1 saturated heterocycles. The molecule has 2 aliphatic heterocycles. The molecule has 3 aromatic rings. The summed E-state index contributed by atoms with van der Waals surface area (Å²) in [5.41, 5.74) is 8.39. The molecule has 246 valence electrons. The molecule has 11 nitrogen and oxygen atoms in total. The van der Waals surface area contributed by atoms with E-state index in [2.05, 4.69) is 33.2 Å². The quantitative estimate of drug-likeness (QED) is 0.264. The zero-order chi connectivity index (χ0) is 31.3. The first kappa shape index (κ1) is 35.0. The second-order valence-electron chi connectivity index (χ2n) is 12.0. The molecular weight excluding hydrogens is 636 g/mol. The minimum absolute atomic E-state index is 0. The number of piperidine rings is 1. The average molecular weight is 679 g/mol. The number of benzene rings is 1. The summed E-state index contributed by atoms with van der Waals surface area (Å²) in [7, 11) is -3.53. The SMILES string of the molecule is CCCc1cnc(N2CCC(Oc3nc4ccc(C5=CC(S(=O)(=O)CCC(C)(C)OC(=O)CN)NCC5)cc4s3)CC2)nc1.Cl. The third-order valence-corrected chi connectivity index (χ3v) is 10.7. The highest BCUT2D eigenvalue weighted by Crippen LogP contribution is 2.34. The Labute approximate surface area is 275 Å². The molecule has 4 heterocycles. The van der Waals surface area contributed by atoms with Gasteiger partial charge in [0.1, 0.15) is 17.1 Å². The van der Waals surface area contributed by atoms with Crippen molar-refractivity contribution in [2.24, 2.45) is 5.73 Å². The van der Waals surface area contributed by atoms with E-state index < -0.39 is 26.8 Å². The number of rotatable bonds is 12. The van der Waals surface area contributed by atoms with Crippen molar-refractivity contribution in [3.05, 3.63) is 47.8 Å². The van der Waals surface area contributed by atoms with Crippen LogP contribution in [0, 0.1) is 0 Å². The van der Waals surface area contributed by atoms with Crippen LogP contribution in [-0.4, -0.2) is 78.3 Å². The van der Waals surface area contributed by atoms with E-state index >= 15 is 0 Å². The summed E-state index contributed by atoms with van der Waals surface area (Å²) in [5, 5.41) is 2.96. The fraction of sp³-hybridized carbons (Fsp3) is 0.548. The van der Waals surface area contributed by atoms with E-state index in [1.54, 1.807) is 19.9 Å². The van der Waals surface area contributed by atoms with Gasteiger partial charge in [-0.3, -0.25) is 10.1 Å². The minimum atomic E-state index is -3.53. The van der Waals surface area contributed by atoms with Crippen LogP contribution in [0.2, 0.25) is 0 Å². The van der Waals surface area contributed by atoms with Crippen molar-refractivity contribution in [2.75, 3.05) is 36.8 Å². The third-order valence-electron chi connectivity index (χ3n) is 7.99. The van der Waals surface area contributed by atoms with E-state index in [1.165, 1.54) is 16.9 Å². The Kier molecular flexibility index (Phi) is 11.8. The lowest BCUT2D eigenvalue weighted by atomic mass is 10.0. The highest BCUT2D eigenvalue weighted by atomic mass is 35.5. The number of halogens is 1. The number of aromatic nitrogens is 3. The number of nitrogens with one attached hydrogen (secondary N) is 1. The molecule has 2 aromatic heterocycles. The summed E-state index contributed by atoms with van der Waals surface area (Å²) in [5.74, 6) is 0.0991. The number of esters is 1. The van der Waals surface area contributed by atoms with Gasteiger partial charge < -0.3 is 20.1 Å². The van der Waals surface area contributed by atoms with E-state index in [0.29, 0.717) is 18.2 Å². The predicted molar refractivity (Wildman–Crippen MR) is 181 cm³/mol. The maximum atomic E-state index is 13.2. The molecule has 1 atom stereocenters. The zero-order valence-electron chi connectivity index (χ0n) is 26.0. The number of nitrogens with two attached hydrogens (primary N) is 1. The van der Waals surface area contributed by atoms with Crippen LogP contribution in [0.3, 0.4) is 0 Å². The second kappa shape index (κ2) is 15.2. The van der Waals surface area contributed by atoms with Crippen LogP contribution in [0.15, 0.2) is 36.7 Å². The Hall–Kier alpha value is -2.84. The zero-order valence-corrected chi connectivity index (χ0v) is 28.5. The highest BCUT2D eigenvalue weighted by Gasteiger charge is 2.31. The van der Waals surface area contributed by atoms with Crippen LogP contribution in [0.4, 0.5) is 5.95 Å². The lowest BCUT2D eigenvalue weighted by Crippen LogP contribution is -2.41. The lowest BCUT2D eigenvalue weighted by molar-refractivity contribution is -0.154. The minimum Gasteiger partial charge on any atom is -0.467 e. The van der Waals surface area contributed by atoms with Gasteiger partial charge in [-0.1, -0.05) is 30.7 Å². The molecule has 1 unspecified atom stereocenters. The molecule has 0 radical (unpaired) electrons. The fourth-order valence-corrected chi connectivity index (χ4v) is 8.15. The molecule has 3 N–H and O–H groups in total. The van der Waals surface area contributed by atoms with E-state index in [4.69, 9.17) is 20.2 Å². The number of carbonyl (C=O) groups excluding carboxylic acids is 1. The van der Waals surface area contributed by atoms with Crippen LogP contribution in [0.1, 0.15) is 64.0 Å². The van der Waals surface area contributed by atoms with E-state index in [0.717, 1.165) is 66.1 Å². The third kappa shape index (κ3) is 9.13. The number of hydrogen-bond donors (Lipinski definition) is 2. The largest absolute Gasteiger partial charge is 0.467 e. The number of aryl methyl sites for hydroxylation is 1. The van der Waals surface area contributed by atoms with E-state index in [1.807, 2.05) is 24.5 Å². The molecule has 0 spiro atoms. The monoisotopic (exact) mass is 678 g/mol. The molecule has 1 aromatic carbocycles. The Morgan fingerprint density at radius 3 is 2.62 bits per heavy atom. The number of ether oxygens (including phenoxy) is 2. The summed E-state index contributed by atoms with van der Waals surface area (Å²) in [4.78, 5) is 27.6. The summed E-state index contributed by atoms with van der Waals surface area (Å²) < 4.78 is 39.0. The topological polar surface area (TPSA) is 150 Å². The van der Waals surface area contributed by atoms with Crippen molar-refractivity contribution in [1.82, 2.24) is 20.3 Å². The van der Waals surface area contributed by atoms with Gasteiger partial charge in [0.2, 0.25) is 5.95 Å². The molecule has 14 heteroatoms. The molecular formula is C31H43ClN6O5S2. The van der Waals surface area contributed by atoms with Crippen molar-refractivity contribution in [2.45, 2.75) is 76.4 Å². The summed E-state index contributed by atoms with van der Waals surface area (Å²) >= 11 is 1.51. The molecule has 2 aliphatic rings. The van der Waals surface area contributed by atoms with Gasteiger partial charge in [-0.15, -0.1) is 12.4 Å². The first-order valence-electron chi connectivity index (χ1n) is 15.3. The highest BCUT2D eigenvalue weighted by molar-refractivity contribution is 7.92. The predicted octanol–water partition coefficient (Wildman–Crippen LogP) is 4.30.